The van der Waals surface area contributed by atoms with Gasteiger partial charge in [0.25, 0.3) is 5.91 Å². The molecule has 21 heavy (non-hydrogen) atoms. The standard InChI is InChI=1S/C13H8F3NO4/c14-13(15,16)8-2-1-3-9(5-8)17-11(18)10-4-7(6-21-10)12(19)20/h1-6H,(H,17,18)(H,19,20). The van der Waals surface area contributed by atoms with Crippen LogP contribution >= 0.6 is 0 Å². The van der Waals surface area contributed by atoms with E-state index in [1.807, 2.05) is 0 Å². The molecule has 0 aliphatic heterocycles. The predicted octanol–water partition coefficient (Wildman–Crippen LogP) is 3.25. The average Bonchev–Trinajstić information content (AvgIpc) is 2.88. The molecular weight excluding hydrogens is 291 g/mol. The number of nitrogens with one attached hydrogen (secondary N) is 1. The number of anilines is 1. The predicted molar refractivity (Wildman–Crippen MR) is 65.1 cm³/mol. The summed E-state index contributed by atoms with van der Waals surface area (Å²) in [5.74, 6) is -2.44. The summed E-state index contributed by atoms with van der Waals surface area (Å²) in [4.78, 5) is 22.4. The fourth-order valence-corrected chi connectivity index (χ4v) is 1.53. The lowest BCUT2D eigenvalue weighted by atomic mass is 10.2. The summed E-state index contributed by atoms with van der Waals surface area (Å²) in [6.45, 7) is 0. The normalized spacial score (nSPS) is 11.2. The molecular formula is C13H8F3NO4. The zero-order valence-electron chi connectivity index (χ0n) is 10.3. The quantitative estimate of drug-likeness (QED) is 0.911. The van der Waals surface area contributed by atoms with Gasteiger partial charge in [0.2, 0.25) is 0 Å². The van der Waals surface area contributed by atoms with Crippen LogP contribution in [0.5, 0.6) is 0 Å². The molecule has 2 rings (SSSR count). The second-order valence-electron chi connectivity index (χ2n) is 4.04. The molecule has 1 amide bonds. The molecule has 0 spiro atoms. The van der Waals surface area contributed by atoms with Gasteiger partial charge in [0.1, 0.15) is 6.26 Å². The smallest absolute Gasteiger partial charge is 0.416 e. The summed E-state index contributed by atoms with van der Waals surface area (Å²) in [7, 11) is 0. The van der Waals surface area contributed by atoms with Crippen LogP contribution in [0, 0.1) is 0 Å². The maximum atomic E-state index is 12.5. The molecule has 1 aromatic carbocycles. The van der Waals surface area contributed by atoms with Crippen LogP contribution in [0.3, 0.4) is 0 Å². The van der Waals surface area contributed by atoms with Crippen molar-refractivity contribution >= 4 is 17.6 Å². The molecule has 0 saturated heterocycles. The van der Waals surface area contributed by atoms with Crippen molar-refractivity contribution in [1.29, 1.82) is 0 Å². The number of alkyl halides is 3. The Morgan fingerprint density at radius 2 is 1.90 bits per heavy atom. The highest BCUT2D eigenvalue weighted by Gasteiger charge is 2.30. The second kappa shape index (κ2) is 5.31. The lowest BCUT2D eigenvalue weighted by molar-refractivity contribution is -0.137. The molecule has 0 fully saturated rings. The lowest BCUT2D eigenvalue weighted by Crippen LogP contribution is -2.12. The molecule has 0 radical (unpaired) electrons. The van der Waals surface area contributed by atoms with Gasteiger partial charge in [-0.3, -0.25) is 4.79 Å². The molecule has 0 atom stereocenters. The minimum Gasteiger partial charge on any atom is -0.478 e. The van der Waals surface area contributed by atoms with E-state index < -0.39 is 23.6 Å². The van der Waals surface area contributed by atoms with Crippen molar-refractivity contribution in [3.8, 4) is 0 Å². The summed E-state index contributed by atoms with van der Waals surface area (Å²) in [5, 5.41) is 10.9. The molecule has 0 unspecified atom stereocenters. The lowest BCUT2D eigenvalue weighted by Gasteiger charge is -2.09. The monoisotopic (exact) mass is 299 g/mol. The Bertz CT molecular complexity index is 691. The fourth-order valence-electron chi connectivity index (χ4n) is 1.53. The molecule has 1 aromatic heterocycles. The molecule has 0 aliphatic rings. The highest BCUT2D eigenvalue weighted by Crippen LogP contribution is 2.30. The molecule has 5 nitrogen and oxygen atoms in total. The van der Waals surface area contributed by atoms with E-state index in [1.54, 1.807) is 0 Å². The van der Waals surface area contributed by atoms with Crippen molar-refractivity contribution < 1.29 is 32.3 Å². The number of halogens is 3. The zero-order chi connectivity index (χ0) is 15.6. The van der Waals surface area contributed by atoms with Gasteiger partial charge in [-0.1, -0.05) is 6.07 Å². The summed E-state index contributed by atoms with van der Waals surface area (Å²) in [6, 6.07) is 5.02. The number of hydrogen-bond acceptors (Lipinski definition) is 3. The van der Waals surface area contributed by atoms with Gasteiger partial charge < -0.3 is 14.8 Å². The van der Waals surface area contributed by atoms with E-state index in [4.69, 9.17) is 9.52 Å². The molecule has 0 saturated carbocycles. The van der Waals surface area contributed by atoms with Gasteiger partial charge in [0.05, 0.1) is 11.1 Å². The number of carboxylic acids is 1. The Kier molecular flexibility index (Phi) is 3.70. The van der Waals surface area contributed by atoms with Crippen molar-refractivity contribution in [1.82, 2.24) is 0 Å². The van der Waals surface area contributed by atoms with E-state index in [0.29, 0.717) is 0 Å². The van der Waals surface area contributed by atoms with Crippen LogP contribution in [0.1, 0.15) is 26.5 Å². The Balaban J connectivity index is 2.17. The summed E-state index contributed by atoms with van der Waals surface area (Å²) in [6.07, 6.45) is -3.66. The van der Waals surface area contributed by atoms with Crippen molar-refractivity contribution in [2.24, 2.45) is 0 Å². The minimum atomic E-state index is -4.53. The van der Waals surface area contributed by atoms with Crippen molar-refractivity contribution in [3.63, 3.8) is 0 Å². The van der Waals surface area contributed by atoms with Crippen LogP contribution in [0.15, 0.2) is 41.0 Å². The molecule has 0 bridgehead atoms. The van der Waals surface area contributed by atoms with Gasteiger partial charge in [-0.2, -0.15) is 13.2 Å². The van der Waals surface area contributed by atoms with E-state index >= 15 is 0 Å². The first-order valence-corrected chi connectivity index (χ1v) is 5.58. The molecule has 1 heterocycles. The first-order valence-electron chi connectivity index (χ1n) is 5.58. The SMILES string of the molecule is O=C(O)c1coc(C(=O)Nc2cccc(C(F)(F)F)c2)c1. The van der Waals surface area contributed by atoms with Crippen LogP contribution in [0.2, 0.25) is 0 Å². The second-order valence-corrected chi connectivity index (χ2v) is 4.04. The van der Waals surface area contributed by atoms with Gasteiger partial charge in [0, 0.05) is 11.8 Å². The first kappa shape index (κ1) is 14.6. The fraction of sp³-hybridized carbons (Fsp3) is 0.0769. The van der Waals surface area contributed by atoms with E-state index in [9.17, 15) is 22.8 Å². The van der Waals surface area contributed by atoms with Crippen LogP contribution in [-0.4, -0.2) is 17.0 Å². The maximum absolute atomic E-state index is 12.5. The Morgan fingerprint density at radius 1 is 1.19 bits per heavy atom. The number of rotatable bonds is 3. The Labute approximate surface area is 116 Å². The zero-order valence-corrected chi connectivity index (χ0v) is 10.3. The maximum Gasteiger partial charge on any atom is 0.416 e. The number of benzene rings is 1. The van der Waals surface area contributed by atoms with Gasteiger partial charge in [0.15, 0.2) is 5.76 Å². The van der Waals surface area contributed by atoms with Gasteiger partial charge in [-0.25, -0.2) is 4.79 Å². The molecule has 2 aromatic rings. The van der Waals surface area contributed by atoms with Crippen LogP contribution in [0.25, 0.3) is 0 Å². The largest absolute Gasteiger partial charge is 0.478 e. The van der Waals surface area contributed by atoms with Crippen LogP contribution < -0.4 is 5.32 Å². The highest BCUT2D eigenvalue weighted by atomic mass is 19.4. The molecule has 110 valence electrons. The summed E-state index contributed by atoms with van der Waals surface area (Å²) >= 11 is 0. The number of aromatic carboxylic acids is 1. The van der Waals surface area contributed by atoms with Gasteiger partial charge in [-0.05, 0) is 18.2 Å². The third kappa shape index (κ3) is 3.41. The van der Waals surface area contributed by atoms with Gasteiger partial charge >= 0.3 is 12.1 Å². The van der Waals surface area contributed by atoms with Crippen LogP contribution in [-0.2, 0) is 6.18 Å². The Morgan fingerprint density at radius 3 is 2.48 bits per heavy atom. The highest BCUT2D eigenvalue weighted by molar-refractivity contribution is 6.03. The third-order valence-corrected chi connectivity index (χ3v) is 2.52. The molecule has 0 aliphatic carbocycles. The average molecular weight is 299 g/mol. The minimum absolute atomic E-state index is 0.0805. The summed E-state index contributed by atoms with van der Waals surface area (Å²) in [5.41, 5.74) is -1.22. The summed E-state index contributed by atoms with van der Waals surface area (Å²) < 4.78 is 42.3. The van der Waals surface area contributed by atoms with Crippen molar-refractivity contribution in [2.75, 3.05) is 5.32 Å². The van der Waals surface area contributed by atoms with E-state index in [2.05, 4.69) is 5.32 Å². The van der Waals surface area contributed by atoms with Crippen LogP contribution in [0.4, 0.5) is 18.9 Å². The topological polar surface area (TPSA) is 79.5 Å². The number of carbonyl (C=O) groups is 2. The number of hydrogen-bond donors (Lipinski definition) is 2. The number of carbonyl (C=O) groups excluding carboxylic acids is 1. The molecule has 2 N–H and O–H groups in total. The Hall–Kier alpha value is -2.77. The number of furan rings is 1. The van der Waals surface area contributed by atoms with E-state index in [1.165, 1.54) is 6.07 Å². The third-order valence-electron chi connectivity index (χ3n) is 2.52. The van der Waals surface area contributed by atoms with E-state index in [0.717, 1.165) is 30.5 Å². The van der Waals surface area contributed by atoms with E-state index in [-0.39, 0.29) is 17.0 Å². The van der Waals surface area contributed by atoms with Gasteiger partial charge in [-0.15, -0.1) is 0 Å². The first-order chi connectivity index (χ1) is 9.77. The van der Waals surface area contributed by atoms with Crippen molar-refractivity contribution in [2.45, 2.75) is 6.18 Å². The molecule has 8 heteroatoms. The number of amides is 1. The van der Waals surface area contributed by atoms with Crippen molar-refractivity contribution in [3.05, 3.63) is 53.5 Å². The number of carboxylic acid groups (broad SMARTS) is 1.